The first-order chi connectivity index (χ1) is 23.5. The summed E-state index contributed by atoms with van der Waals surface area (Å²) in [5, 5.41) is 16.5. The van der Waals surface area contributed by atoms with Crippen LogP contribution in [0.1, 0.15) is 51.9 Å². The molecule has 2 N–H and O–H groups in total. The van der Waals surface area contributed by atoms with E-state index in [1.807, 2.05) is 78.9 Å². The molecule has 5 heterocycles. The Labute approximate surface area is 328 Å². The van der Waals surface area contributed by atoms with Crippen molar-refractivity contribution >= 4 is 49.4 Å². The van der Waals surface area contributed by atoms with E-state index in [2.05, 4.69) is 23.3 Å². The van der Waals surface area contributed by atoms with Crippen LogP contribution in [0.3, 0.4) is 0 Å². The molecule has 13 nitrogen and oxygen atoms in total. The van der Waals surface area contributed by atoms with Gasteiger partial charge in [-0.15, -0.1) is 6.17 Å². The fourth-order valence-electron chi connectivity index (χ4n) is 5.87. The third kappa shape index (κ3) is 8.36. The summed E-state index contributed by atoms with van der Waals surface area (Å²) in [6.07, 6.45) is 0.688. The standard InChI is InChI=1S/C32H19N8.CH5NOS.CH4O3S.Cu.Na/c1-2-10-18-17(9-1)25-33-26(18)38-28-21-13-5-6-14-22(21)30(35-28)40-32-24-16-8-7-15-23(24)31(36-32)39-29-20-12-4-3-11-19(20)27(34-29)37-25;1-4(2)3;1-5(2,3)4;;/h1-16,25-26,29H;2H2,1H3;1H3,(H,2,3,4);;/q-3;;;;+1/p-1. The zero-order chi connectivity index (χ0) is 34.3. The minimum absolute atomic E-state index is 0. The van der Waals surface area contributed by atoms with Gasteiger partial charge in [0.2, 0.25) is 0 Å². The van der Waals surface area contributed by atoms with Gasteiger partial charge in [0.15, 0.2) is 5.84 Å². The van der Waals surface area contributed by atoms with Gasteiger partial charge in [-0.3, -0.25) is 10.1 Å². The number of rotatable bonds is 0. The van der Waals surface area contributed by atoms with Crippen molar-refractivity contribution in [3.05, 3.63) is 152 Å². The Morgan fingerprint density at radius 2 is 1.16 bits per heavy atom. The monoisotopic (exact) mass is 775 g/mol. The van der Waals surface area contributed by atoms with Crippen LogP contribution in [0.25, 0.3) is 21.4 Å². The van der Waals surface area contributed by atoms with E-state index in [0.29, 0.717) is 34.7 Å². The van der Waals surface area contributed by atoms with Gasteiger partial charge in [0.25, 0.3) is 0 Å². The zero-order valence-electron chi connectivity index (χ0n) is 27.4. The smallest absolute Gasteiger partial charge is 0.748 e. The van der Waals surface area contributed by atoms with Gasteiger partial charge in [0, 0.05) is 57.8 Å². The molecule has 4 aliphatic rings. The number of nitrogens with zero attached hydrogens (tertiary/aromatic N) is 8. The molecule has 0 aliphatic carbocycles. The Hall–Kier alpha value is -3.67. The van der Waals surface area contributed by atoms with Crippen molar-refractivity contribution in [2.45, 2.75) is 18.5 Å². The summed E-state index contributed by atoms with van der Waals surface area (Å²) in [5.74, 6) is 1.82. The summed E-state index contributed by atoms with van der Waals surface area (Å²) in [4.78, 5) is 30.0. The SMILES string of the molecule is CS(=O)(=O)[O-].CS(N)=O.[Cu].[Na+].c1ccc2c(c1)C1=NC2=NC2[N-]C(N=C3[N-]C(N=c4[n-]c(c5ccccc45)=N1)c1ccccc13)c1ccccc12. The number of aliphatic imine (C=N–C) groups is 3. The Bertz CT molecular complexity index is 2480. The Balaban J connectivity index is 0.000000414. The van der Waals surface area contributed by atoms with Crippen molar-refractivity contribution in [2.75, 3.05) is 12.5 Å². The fourth-order valence-corrected chi connectivity index (χ4v) is 5.87. The van der Waals surface area contributed by atoms with E-state index >= 15 is 0 Å². The first-order valence-electron chi connectivity index (χ1n) is 14.9. The second kappa shape index (κ2) is 15.9. The van der Waals surface area contributed by atoms with Gasteiger partial charge in [-0.25, -0.2) is 17.6 Å². The van der Waals surface area contributed by atoms with E-state index < -0.39 is 39.6 Å². The van der Waals surface area contributed by atoms with Crippen LogP contribution in [-0.2, 0) is 38.2 Å². The molecule has 0 saturated carbocycles. The summed E-state index contributed by atoms with van der Waals surface area (Å²) < 4.78 is 36.6. The third-order valence-corrected chi connectivity index (χ3v) is 7.75. The molecule has 0 saturated heterocycles. The van der Waals surface area contributed by atoms with Crippen molar-refractivity contribution in [1.29, 1.82) is 0 Å². The van der Waals surface area contributed by atoms with Crippen molar-refractivity contribution in [3.8, 4) is 0 Å². The van der Waals surface area contributed by atoms with Gasteiger partial charge in [-0.2, -0.15) is 0 Å². The molecule has 51 heavy (non-hydrogen) atoms. The van der Waals surface area contributed by atoms with Crippen molar-refractivity contribution in [2.24, 2.45) is 30.1 Å². The normalized spacial score (nSPS) is 19.4. The maximum Gasteiger partial charge on any atom is 1.00 e. The van der Waals surface area contributed by atoms with Crippen LogP contribution in [0.4, 0.5) is 0 Å². The molecular weight excluding hydrogens is 749 g/mol. The minimum atomic E-state index is -3.92. The number of benzene rings is 4. The number of fused-ring (bicyclic) bond motifs is 19. The van der Waals surface area contributed by atoms with E-state index in [4.69, 9.17) is 53.6 Å². The number of amidine groups is 3. The second-order valence-electron chi connectivity index (χ2n) is 11.2. The Morgan fingerprint density at radius 3 is 1.76 bits per heavy atom. The largest absolute Gasteiger partial charge is 1.00 e. The predicted molar refractivity (Wildman–Crippen MR) is 187 cm³/mol. The molecule has 259 valence electrons. The maximum absolute atomic E-state index is 9.33. The van der Waals surface area contributed by atoms with E-state index in [-0.39, 0.29) is 46.6 Å². The van der Waals surface area contributed by atoms with E-state index in [1.54, 1.807) is 0 Å². The van der Waals surface area contributed by atoms with Gasteiger partial charge >= 0.3 is 29.6 Å². The maximum atomic E-state index is 9.33. The van der Waals surface area contributed by atoms with Crippen LogP contribution >= 0.6 is 0 Å². The molecule has 0 spiro atoms. The van der Waals surface area contributed by atoms with E-state index in [0.717, 1.165) is 44.2 Å². The van der Waals surface area contributed by atoms with Crippen LogP contribution in [0.15, 0.2) is 122 Å². The fraction of sp³-hybridized carbons (Fsp3) is 0.147. The number of nitrogens with two attached hydrogens (primary N) is 1. The number of hydrogen-bond donors (Lipinski definition) is 1. The molecule has 4 aliphatic heterocycles. The average molecular weight is 776 g/mol. The van der Waals surface area contributed by atoms with Crippen LogP contribution in [0.5, 0.6) is 0 Å². The quantitative estimate of drug-likeness (QED) is 0.177. The molecule has 5 aromatic rings. The summed E-state index contributed by atoms with van der Waals surface area (Å²) in [6.45, 7) is 0. The van der Waals surface area contributed by atoms with Gasteiger partial charge in [-0.05, 0) is 33.6 Å². The van der Waals surface area contributed by atoms with Crippen molar-refractivity contribution in [1.82, 2.24) is 4.98 Å². The van der Waals surface area contributed by atoms with Crippen LogP contribution < -0.4 is 50.7 Å². The molecule has 17 heteroatoms. The van der Waals surface area contributed by atoms with Gasteiger partial charge in [0.05, 0.1) is 26.9 Å². The van der Waals surface area contributed by atoms with Crippen LogP contribution in [0.2, 0.25) is 0 Å². The van der Waals surface area contributed by atoms with E-state index in [1.165, 1.54) is 6.26 Å². The molecule has 1 radical (unpaired) electrons. The van der Waals surface area contributed by atoms with Gasteiger partial charge in [-0.1, -0.05) is 108 Å². The summed E-state index contributed by atoms with van der Waals surface area (Å²) in [7, 11) is -5.03. The Morgan fingerprint density at radius 1 is 0.686 bits per heavy atom. The molecule has 1 aromatic heterocycles. The summed E-state index contributed by atoms with van der Waals surface area (Å²) in [6, 6.07) is 32.3. The van der Waals surface area contributed by atoms with Gasteiger partial charge < -0.3 is 35.1 Å². The van der Waals surface area contributed by atoms with Crippen LogP contribution in [0, 0.1) is 0 Å². The first-order valence-corrected chi connectivity index (χ1v) is 18.4. The van der Waals surface area contributed by atoms with Gasteiger partial charge in [0.1, 0.15) is 0 Å². The van der Waals surface area contributed by atoms with Crippen molar-refractivity contribution < 1.29 is 63.8 Å². The van der Waals surface area contributed by atoms with Crippen LogP contribution in [-0.4, -0.2) is 47.2 Å². The molecule has 4 unspecified atom stereocenters. The summed E-state index contributed by atoms with van der Waals surface area (Å²) >= 11 is 0. The molecule has 8 bridgehead atoms. The topological polar surface area (TPSA) is 204 Å². The first kappa shape index (κ1) is 38.6. The van der Waals surface area contributed by atoms with E-state index in [9.17, 15) is 4.21 Å². The molecule has 4 atom stereocenters. The Kier molecular flexibility index (Phi) is 12.0. The zero-order valence-corrected chi connectivity index (χ0v) is 32.0. The third-order valence-electron chi connectivity index (χ3n) is 7.75. The molecule has 0 amide bonds. The summed E-state index contributed by atoms with van der Waals surface area (Å²) in [5.41, 5.74) is 7.02. The molecular formula is C34H27CuN9NaO4S2-3. The number of aromatic nitrogens is 1. The molecule has 0 fully saturated rings. The second-order valence-corrected chi connectivity index (χ2v) is 13.7. The minimum Gasteiger partial charge on any atom is -0.748 e. The number of hydrogen-bond acceptors (Lipinski definition) is 9. The molecule has 9 rings (SSSR count). The van der Waals surface area contributed by atoms with Crippen molar-refractivity contribution in [3.63, 3.8) is 0 Å². The average Bonchev–Trinajstić information content (AvgIpc) is 3.79. The predicted octanol–water partition coefficient (Wildman–Crippen LogP) is 0.576. The molecule has 4 aromatic carbocycles.